The number of nitrogens with zero attached hydrogens (tertiary/aromatic N) is 2. The van der Waals surface area contributed by atoms with Gasteiger partial charge in [0.25, 0.3) is 5.91 Å². The molecule has 0 saturated heterocycles. The molecule has 7 nitrogen and oxygen atoms in total. The maximum Gasteiger partial charge on any atom is 0.252 e. The summed E-state index contributed by atoms with van der Waals surface area (Å²) in [6.07, 6.45) is 0.138. The van der Waals surface area contributed by atoms with Crippen molar-refractivity contribution in [2.75, 3.05) is 13.2 Å². The number of rotatable bonds is 7. The number of aromatic nitrogens is 1. The number of hydrogen-bond donors (Lipinski definition) is 1. The van der Waals surface area contributed by atoms with Crippen molar-refractivity contribution in [2.24, 2.45) is 10.1 Å². The molecule has 1 amide bonds. The second-order valence-electron chi connectivity index (χ2n) is 6.22. The number of hydrogen-bond acceptors (Lipinski definition) is 5. The predicted octanol–water partition coefficient (Wildman–Crippen LogP) is 2.71. The van der Waals surface area contributed by atoms with Crippen molar-refractivity contribution in [3.05, 3.63) is 57.9 Å². The number of benzene rings is 2. The molecule has 0 atom stereocenters. The summed E-state index contributed by atoms with van der Waals surface area (Å²) in [7, 11) is -3.82. The summed E-state index contributed by atoms with van der Waals surface area (Å²) >= 11 is 7.11. The second-order valence-corrected chi connectivity index (χ2v) is 9.22. The summed E-state index contributed by atoms with van der Waals surface area (Å²) < 4.78 is 31.3. The van der Waals surface area contributed by atoms with Crippen LogP contribution in [-0.4, -0.2) is 32.1 Å². The average molecular weight is 454 g/mol. The molecule has 3 aromatic rings. The number of thiazole rings is 1. The highest BCUT2D eigenvalue weighted by atomic mass is 35.5. The molecule has 0 radical (unpaired) electrons. The van der Waals surface area contributed by atoms with Gasteiger partial charge >= 0.3 is 0 Å². The van der Waals surface area contributed by atoms with Gasteiger partial charge in [-0.25, -0.2) is 13.6 Å². The minimum atomic E-state index is -3.82. The Balaban J connectivity index is 2.01. The number of nitrogens with two attached hydrogens (primary N) is 1. The van der Waals surface area contributed by atoms with Gasteiger partial charge in [-0.2, -0.15) is 4.99 Å². The molecule has 3 rings (SSSR count). The third-order valence-electron chi connectivity index (χ3n) is 4.14. The molecule has 154 valence electrons. The number of halogens is 1. The highest BCUT2D eigenvalue weighted by molar-refractivity contribution is 7.89. The van der Waals surface area contributed by atoms with Gasteiger partial charge in [-0.3, -0.25) is 4.79 Å². The van der Waals surface area contributed by atoms with Crippen LogP contribution in [0.1, 0.15) is 12.5 Å². The zero-order valence-electron chi connectivity index (χ0n) is 15.7. The van der Waals surface area contributed by atoms with E-state index in [-0.39, 0.29) is 17.2 Å². The zero-order chi connectivity index (χ0) is 21.0. The fourth-order valence-electron chi connectivity index (χ4n) is 2.76. The van der Waals surface area contributed by atoms with Gasteiger partial charge in [0.1, 0.15) is 0 Å². The van der Waals surface area contributed by atoms with Crippen molar-refractivity contribution >= 4 is 49.1 Å². The molecule has 1 aromatic heterocycles. The summed E-state index contributed by atoms with van der Waals surface area (Å²) in [5, 5.41) is 5.83. The average Bonchev–Trinajstić information content (AvgIpc) is 2.99. The number of fused-ring (bicyclic) bond motifs is 1. The Kier molecular flexibility index (Phi) is 6.86. The van der Waals surface area contributed by atoms with Crippen molar-refractivity contribution in [1.29, 1.82) is 0 Å². The largest absolute Gasteiger partial charge is 0.380 e. The van der Waals surface area contributed by atoms with Crippen LogP contribution in [-0.2, 0) is 32.5 Å². The minimum absolute atomic E-state index is 0.0160. The standard InChI is InChI=1S/C19H20ClN3O4S2/c1-2-27-10-9-23-16-8-7-15(29(21,25)26)12-17(16)28-19(23)22-18(24)11-13-3-5-14(20)6-4-13/h3-8,12H,2,9-11H2,1H3,(H2,21,25,26). The highest BCUT2D eigenvalue weighted by Gasteiger charge is 2.13. The van der Waals surface area contributed by atoms with E-state index < -0.39 is 10.0 Å². The van der Waals surface area contributed by atoms with Crippen LogP contribution in [0.2, 0.25) is 5.02 Å². The summed E-state index contributed by atoms with van der Waals surface area (Å²) in [5.74, 6) is -0.310. The predicted molar refractivity (Wildman–Crippen MR) is 113 cm³/mol. The monoisotopic (exact) mass is 453 g/mol. The van der Waals surface area contributed by atoms with Gasteiger partial charge in [-0.05, 0) is 42.8 Å². The van der Waals surface area contributed by atoms with Crippen LogP contribution in [0.3, 0.4) is 0 Å². The summed E-state index contributed by atoms with van der Waals surface area (Å²) in [6.45, 7) is 3.39. The molecular formula is C19H20ClN3O4S2. The van der Waals surface area contributed by atoms with E-state index in [0.717, 1.165) is 11.1 Å². The van der Waals surface area contributed by atoms with E-state index in [1.807, 2.05) is 11.5 Å². The lowest BCUT2D eigenvalue weighted by molar-refractivity contribution is -0.117. The Morgan fingerprint density at radius 3 is 2.62 bits per heavy atom. The first-order valence-electron chi connectivity index (χ1n) is 8.84. The van der Waals surface area contributed by atoms with Gasteiger partial charge < -0.3 is 9.30 Å². The van der Waals surface area contributed by atoms with E-state index in [4.69, 9.17) is 21.5 Å². The molecule has 0 aliphatic heterocycles. The van der Waals surface area contributed by atoms with Crippen molar-refractivity contribution in [1.82, 2.24) is 4.57 Å². The van der Waals surface area contributed by atoms with Crippen molar-refractivity contribution in [2.45, 2.75) is 24.8 Å². The fourth-order valence-corrected chi connectivity index (χ4v) is 4.61. The molecule has 10 heteroatoms. The van der Waals surface area contributed by atoms with Crippen LogP contribution in [0.15, 0.2) is 52.4 Å². The second kappa shape index (κ2) is 9.19. The fraction of sp³-hybridized carbons (Fsp3) is 0.263. The molecular weight excluding hydrogens is 434 g/mol. The van der Waals surface area contributed by atoms with Crippen molar-refractivity contribution in [3.8, 4) is 0 Å². The van der Waals surface area contributed by atoms with Crippen LogP contribution < -0.4 is 9.94 Å². The molecule has 0 spiro atoms. The highest BCUT2D eigenvalue weighted by Crippen LogP contribution is 2.21. The molecule has 2 N–H and O–H groups in total. The lowest BCUT2D eigenvalue weighted by atomic mass is 10.1. The van der Waals surface area contributed by atoms with Crippen LogP contribution in [0, 0.1) is 0 Å². The van der Waals surface area contributed by atoms with Crippen LogP contribution in [0.4, 0.5) is 0 Å². The third kappa shape index (κ3) is 5.52. The third-order valence-corrected chi connectivity index (χ3v) is 6.34. The molecule has 0 fully saturated rings. The van der Waals surface area contributed by atoms with E-state index >= 15 is 0 Å². The Labute approximate surface area is 177 Å². The van der Waals surface area contributed by atoms with Gasteiger partial charge in [0, 0.05) is 18.2 Å². The van der Waals surface area contributed by atoms with Crippen molar-refractivity contribution in [3.63, 3.8) is 0 Å². The van der Waals surface area contributed by atoms with E-state index in [0.29, 0.717) is 34.3 Å². The Morgan fingerprint density at radius 1 is 1.24 bits per heavy atom. The Hall–Kier alpha value is -2.04. The lowest BCUT2D eigenvalue weighted by Crippen LogP contribution is -2.20. The van der Waals surface area contributed by atoms with Gasteiger partial charge in [-0.1, -0.05) is 35.1 Å². The molecule has 1 heterocycles. The molecule has 0 aliphatic carbocycles. The molecule has 0 aliphatic rings. The lowest BCUT2D eigenvalue weighted by Gasteiger charge is -2.06. The summed E-state index contributed by atoms with van der Waals surface area (Å²) in [6, 6.07) is 11.6. The van der Waals surface area contributed by atoms with Gasteiger partial charge in [0.2, 0.25) is 10.0 Å². The van der Waals surface area contributed by atoms with Gasteiger partial charge in [0.05, 0.1) is 28.1 Å². The van der Waals surface area contributed by atoms with Gasteiger partial charge in [-0.15, -0.1) is 0 Å². The van der Waals surface area contributed by atoms with Gasteiger partial charge in [0.15, 0.2) is 4.80 Å². The number of carbonyl (C=O) groups is 1. The first-order chi connectivity index (χ1) is 13.8. The molecule has 29 heavy (non-hydrogen) atoms. The number of sulfonamides is 1. The maximum absolute atomic E-state index is 12.5. The first kappa shape index (κ1) is 21.7. The number of amides is 1. The minimum Gasteiger partial charge on any atom is -0.380 e. The molecule has 0 unspecified atom stereocenters. The van der Waals surface area contributed by atoms with E-state index in [9.17, 15) is 13.2 Å². The van der Waals surface area contributed by atoms with Crippen LogP contribution in [0.5, 0.6) is 0 Å². The number of carbonyl (C=O) groups excluding carboxylic acids is 1. The number of ether oxygens (including phenoxy) is 1. The molecule has 0 saturated carbocycles. The van der Waals surface area contributed by atoms with E-state index in [1.54, 1.807) is 30.3 Å². The zero-order valence-corrected chi connectivity index (χ0v) is 18.1. The molecule has 2 aromatic carbocycles. The topological polar surface area (TPSA) is 104 Å². The SMILES string of the molecule is CCOCCn1c(=NC(=O)Cc2ccc(Cl)cc2)sc2cc(S(N)(=O)=O)ccc21. The Bertz CT molecular complexity index is 1200. The maximum atomic E-state index is 12.5. The normalized spacial score (nSPS) is 12.6. The summed E-state index contributed by atoms with van der Waals surface area (Å²) in [5.41, 5.74) is 1.57. The van der Waals surface area contributed by atoms with Crippen LogP contribution in [0.25, 0.3) is 10.2 Å². The van der Waals surface area contributed by atoms with E-state index in [1.165, 1.54) is 23.5 Å². The van der Waals surface area contributed by atoms with E-state index in [2.05, 4.69) is 4.99 Å². The quantitative estimate of drug-likeness (QED) is 0.555. The smallest absolute Gasteiger partial charge is 0.252 e. The Morgan fingerprint density at radius 2 is 1.97 bits per heavy atom. The van der Waals surface area contributed by atoms with Crippen LogP contribution >= 0.6 is 22.9 Å². The number of primary sulfonamides is 1. The first-order valence-corrected chi connectivity index (χ1v) is 11.6. The summed E-state index contributed by atoms with van der Waals surface area (Å²) in [4.78, 5) is 17.2. The molecule has 0 bridgehead atoms. The van der Waals surface area contributed by atoms with Crippen molar-refractivity contribution < 1.29 is 17.9 Å².